The molecule has 5 heteroatoms. The maximum atomic E-state index is 5.80. The summed E-state index contributed by atoms with van der Waals surface area (Å²) in [7, 11) is 0. The number of hydrogen-bond donors (Lipinski definition) is 1. The lowest BCUT2D eigenvalue weighted by Gasteiger charge is -2.01. The van der Waals surface area contributed by atoms with Crippen LogP contribution in [0.15, 0.2) is 44.4 Å². The van der Waals surface area contributed by atoms with Gasteiger partial charge in [0, 0.05) is 16.7 Å². The van der Waals surface area contributed by atoms with Crippen molar-refractivity contribution in [3.05, 3.63) is 46.5 Å². The SMILES string of the molecule is Brc1cccnc1SCc1ccc(CNC2CC2)o1. The highest BCUT2D eigenvalue weighted by Crippen LogP contribution is 2.28. The van der Waals surface area contributed by atoms with Crippen LogP contribution in [0.5, 0.6) is 0 Å². The van der Waals surface area contributed by atoms with Crippen molar-refractivity contribution in [1.82, 2.24) is 10.3 Å². The van der Waals surface area contributed by atoms with Crippen LogP contribution in [0, 0.1) is 0 Å². The van der Waals surface area contributed by atoms with Crippen LogP contribution in [-0.4, -0.2) is 11.0 Å². The zero-order chi connectivity index (χ0) is 13.1. The molecule has 1 saturated carbocycles. The molecule has 1 fully saturated rings. The number of furan rings is 1. The number of aromatic nitrogens is 1. The molecule has 0 radical (unpaired) electrons. The molecule has 0 amide bonds. The molecule has 0 bridgehead atoms. The summed E-state index contributed by atoms with van der Waals surface area (Å²) in [6.07, 6.45) is 4.41. The molecule has 0 unspecified atom stereocenters. The van der Waals surface area contributed by atoms with Gasteiger partial charge in [-0.2, -0.15) is 0 Å². The number of thioether (sulfide) groups is 1. The Morgan fingerprint density at radius 2 is 2.16 bits per heavy atom. The molecule has 0 atom stereocenters. The summed E-state index contributed by atoms with van der Waals surface area (Å²) in [5.41, 5.74) is 0. The van der Waals surface area contributed by atoms with Crippen LogP contribution in [-0.2, 0) is 12.3 Å². The normalized spacial score (nSPS) is 14.8. The summed E-state index contributed by atoms with van der Waals surface area (Å²) in [6, 6.07) is 8.74. The summed E-state index contributed by atoms with van der Waals surface area (Å²) >= 11 is 5.18. The highest BCUT2D eigenvalue weighted by Gasteiger charge is 2.20. The van der Waals surface area contributed by atoms with Gasteiger partial charge in [0.05, 0.1) is 12.3 Å². The third-order valence-electron chi connectivity index (χ3n) is 2.94. The molecule has 2 heterocycles. The number of nitrogens with zero attached hydrogens (tertiary/aromatic N) is 1. The molecule has 0 aliphatic heterocycles. The molecule has 3 rings (SSSR count). The first-order valence-corrected chi connectivity index (χ1v) is 8.13. The maximum absolute atomic E-state index is 5.80. The predicted molar refractivity (Wildman–Crippen MR) is 80.1 cm³/mol. The van der Waals surface area contributed by atoms with Crippen LogP contribution in [0.2, 0.25) is 0 Å². The van der Waals surface area contributed by atoms with E-state index in [1.165, 1.54) is 12.8 Å². The molecule has 19 heavy (non-hydrogen) atoms. The van der Waals surface area contributed by atoms with E-state index in [9.17, 15) is 0 Å². The van der Waals surface area contributed by atoms with Crippen LogP contribution in [0.4, 0.5) is 0 Å². The predicted octanol–water partition coefficient (Wildman–Crippen LogP) is 3.98. The summed E-state index contributed by atoms with van der Waals surface area (Å²) in [4.78, 5) is 4.33. The van der Waals surface area contributed by atoms with Gasteiger partial charge in [0.2, 0.25) is 0 Å². The molecular formula is C14H15BrN2OS. The molecule has 0 spiro atoms. The van der Waals surface area contributed by atoms with E-state index in [0.717, 1.165) is 33.3 Å². The molecule has 2 aromatic heterocycles. The van der Waals surface area contributed by atoms with E-state index in [1.54, 1.807) is 18.0 Å². The van der Waals surface area contributed by atoms with Crippen molar-refractivity contribution in [2.45, 2.75) is 36.2 Å². The summed E-state index contributed by atoms with van der Waals surface area (Å²) < 4.78 is 6.83. The van der Waals surface area contributed by atoms with E-state index in [2.05, 4.69) is 32.3 Å². The van der Waals surface area contributed by atoms with Gasteiger partial charge in [-0.3, -0.25) is 0 Å². The van der Waals surface area contributed by atoms with Crippen molar-refractivity contribution >= 4 is 27.7 Å². The fourth-order valence-electron chi connectivity index (χ4n) is 1.74. The number of halogens is 1. The van der Waals surface area contributed by atoms with Gasteiger partial charge >= 0.3 is 0 Å². The first-order chi connectivity index (χ1) is 9.31. The Hall–Kier alpha value is -0.780. The van der Waals surface area contributed by atoms with E-state index in [1.807, 2.05) is 18.2 Å². The zero-order valence-electron chi connectivity index (χ0n) is 10.4. The van der Waals surface area contributed by atoms with Gasteiger partial charge in [0.25, 0.3) is 0 Å². The Bertz CT molecular complexity index is 554. The van der Waals surface area contributed by atoms with Crippen LogP contribution in [0.25, 0.3) is 0 Å². The summed E-state index contributed by atoms with van der Waals surface area (Å²) in [5, 5.41) is 4.45. The number of nitrogens with one attached hydrogen (secondary N) is 1. The molecular weight excluding hydrogens is 324 g/mol. The molecule has 1 aliphatic rings. The van der Waals surface area contributed by atoms with Gasteiger partial charge in [-0.25, -0.2) is 4.98 Å². The second-order valence-electron chi connectivity index (χ2n) is 4.60. The molecule has 1 aliphatic carbocycles. The Kier molecular flexibility index (Phi) is 4.25. The lowest BCUT2D eigenvalue weighted by atomic mass is 10.4. The fraction of sp³-hybridized carbons (Fsp3) is 0.357. The molecule has 2 aromatic rings. The minimum absolute atomic E-state index is 0.715. The number of rotatable bonds is 6. The van der Waals surface area contributed by atoms with Crippen molar-refractivity contribution < 1.29 is 4.42 Å². The minimum atomic E-state index is 0.715. The highest BCUT2D eigenvalue weighted by atomic mass is 79.9. The van der Waals surface area contributed by atoms with Gasteiger partial charge in [-0.05, 0) is 53.0 Å². The second-order valence-corrected chi connectivity index (χ2v) is 6.42. The van der Waals surface area contributed by atoms with E-state index >= 15 is 0 Å². The van der Waals surface area contributed by atoms with Crippen LogP contribution < -0.4 is 5.32 Å². The Labute approximate surface area is 125 Å². The average Bonchev–Trinajstić information content (AvgIpc) is 3.14. The number of pyridine rings is 1. The monoisotopic (exact) mass is 338 g/mol. The quantitative estimate of drug-likeness (QED) is 0.808. The third kappa shape index (κ3) is 3.84. The van der Waals surface area contributed by atoms with Crippen LogP contribution in [0.1, 0.15) is 24.4 Å². The maximum Gasteiger partial charge on any atom is 0.118 e. The smallest absolute Gasteiger partial charge is 0.118 e. The minimum Gasteiger partial charge on any atom is -0.464 e. The van der Waals surface area contributed by atoms with Crippen molar-refractivity contribution in [2.24, 2.45) is 0 Å². The first kappa shape index (κ1) is 13.2. The second kappa shape index (κ2) is 6.11. The van der Waals surface area contributed by atoms with Crippen LogP contribution in [0.3, 0.4) is 0 Å². The summed E-state index contributed by atoms with van der Waals surface area (Å²) in [5.74, 6) is 2.82. The van der Waals surface area contributed by atoms with E-state index in [0.29, 0.717) is 6.04 Å². The molecule has 3 nitrogen and oxygen atoms in total. The van der Waals surface area contributed by atoms with Gasteiger partial charge in [0.1, 0.15) is 16.5 Å². The Morgan fingerprint density at radius 3 is 2.95 bits per heavy atom. The van der Waals surface area contributed by atoms with E-state index < -0.39 is 0 Å². The Morgan fingerprint density at radius 1 is 1.32 bits per heavy atom. The zero-order valence-corrected chi connectivity index (χ0v) is 12.8. The van der Waals surface area contributed by atoms with Gasteiger partial charge in [-0.1, -0.05) is 11.8 Å². The largest absolute Gasteiger partial charge is 0.464 e. The van der Waals surface area contributed by atoms with Crippen molar-refractivity contribution in [3.8, 4) is 0 Å². The molecule has 0 aromatic carbocycles. The lowest BCUT2D eigenvalue weighted by molar-refractivity contribution is 0.458. The van der Waals surface area contributed by atoms with E-state index in [-0.39, 0.29) is 0 Å². The van der Waals surface area contributed by atoms with Crippen molar-refractivity contribution in [1.29, 1.82) is 0 Å². The molecule has 0 saturated heterocycles. The van der Waals surface area contributed by atoms with E-state index in [4.69, 9.17) is 4.42 Å². The highest BCUT2D eigenvalue weighted by molar-refractivity contribution is 9.10. The van der Waals surface area contributed by atoms with Crippen molar-refractivity contribution in [3.63, 3.8) is 0 Å². The van der Waals surface area contributed by atoms with Crippen molar-refractivity contribution in [2.75, 3.05) is 0 Å². The fourth-order valence-corrected chi connectivity index (χ4v) is 3.12. The number of hydrogen-bond acceptors (Lipinski definition) is 4. The average molecular weight is 339 g/mol. The third-order valence-corrected chi connectivity index (χ3v) is 4.87. The van der Waals surface area contributed by atoms with Crippen LogP contribution >= 0.6 is 27.7 Å². The topological polar surface area (TPSA) is 38.1 Å². The van der Waals surface area contributed by atoms with Gasteiger partial charge in [0.15, 0.2) is 0 Å². The molecule has 1 N–H and O–H groups in total. The Balaban J connectivity index is 1.53. The standard InChI is InChI=1S/C14H15BrN2OS/c15-13-2-1-7-16-14(13)19-9-12-6-5-11(18-12)8-17-10-3-4-10/h1-2,5-7,10,17H,3-4,8-9H2. The summed E-state index contributed by atoms with van der Waals surface area (Å²) in [6.45, 7) is 0.836. The van der Waals surface area contributed by atoms with Gasteiger partial charge < -0.3 is 9.73 Å². The molecule has 100 valence electrons. The van der Waals surface area contributed by atoms with Gasteiger partial charge in [-0.15, -0.1) is 0 Å². The lowest BCUT2D eigenvalue weighted by Crippen LogP contribution is -2.14. The first-order valence-electron chi connectivity index (χ1n) is 6.35.